The minimum atomic E-state index is -0.0174. The first-order valence-corrected chi connectivity index (χ1v) is 8.52. The molecule has 0 unspecified atom stereocenters. The van der Waals surface area contributed by atoms with Gasteiger partial charge in [-0.1, -0.05) is 19.9 Å². The third-order valence-electron chi connectivity index (χ3n) is 4.22. The van der Waals surface area contributed by atoms with Crippen LogP contribution in [0, 0.1) is 5.41 Å². The van der Waals surface area contributed by atoms with Gasteiger partial charge in [0.25, 0.3) is 0 Å². The van der Waals surface area contributed by atoms with Crippen LogP contribution in [0.1, 0.15) is 36.3 Å². The van der Waals surface area contributed by atoms with Gasteiger partial charge >= 0.3 is 0 Å². The molecule has 0 fully saturated rings. The number of rotatable bonds is 2. The van der Waals surface area contributed by atoms with Crippen LogP contribution in [-0.4, -0.2) is 20.7 Å². The molecule has 3 aromatic heterocycles. The summed E-state index contributed by atoms with van der Waals surface area (Å²) >= 11 is 1.55. The highest BCUT2D eigenvalue weighted by atomic mass is 32.1. The van der Waals surface area contributed by atoms with Crippen molar-refractivity contribution in [3.8, 4) is 22.0 Å². The van der Waals surface area contributed by atoms with Crippen molar-refractivity contribution < 1.29 is 4.79 Å². The number of fused-ring (bicyclic) bond motifs is 1. The molecule has 4 nitrogen and oxygen atoms in total. The predicted octanol–water partition coefficient (Wildman–Crippen LogP) is 4.36. The van der Waals surface area contributed by atoms with E-state index in [1.807, 2.05) is 23.6 Å². The highest BCUT2D eigenvalue weighted by Crippen LogP contribution is 2.43. The molecular formula is C18H17N3OS. The minimum Gasteiger partial charge on any atom is -0.356 e. The summed E-state index contributed by atoms with van der Waals surface area (Å²) in [4.78, 5) is 25.2. The molecule has 0 bridgehead atoms. The summed E-state index contributed by atoms with van der Waals surface area (Å²) in [5, 5.41) is 2.81. The molecule has 3 aromatic rings. The van der Waals surface area contributed by atoms with E-state index in [9.17, 15) is 4.79 Å². The van der Waals surface area contributed by atoms with Crippen LogP contribution >= 0.6 is 11.3 Å². The SMILES string of the molecule is CC1(C)CC(=O)c2c([nH]c(-c3ccccn3)c2-c2nccs2)C1. The Bertz CT molecular complexity index is 863. The van der Waals surface area contributed by atoms with E-state index in [4.69, 9.17) is 0 Å². The molecule has 0 amide bonds. The molecule has 0 radical (unpaired) electrons. The number of nitrogens with one attached hydrogen (secondary N) is 1. The van der Waals surface area contributed by atoms with Crippen LogP contribution in [0.4, 0.5) is 0 Å². The average Bonchev–Trinajstić information content (AvgIpc) is 3.13. The molecular weight excluding hydrogens is 306 g/mol. The Balaban J connectivity index is 1.99. The molecule has 1 N–H and O–H groups in total. The van der Waals surface area contributed by atoms with Crippen LogP contribution in [-0.2, 0) is 6.42 Å². The molecule has 0 atom stereocenters. The summed E-state index contributed by atoms with van der Waals surface area (Å²) in [6, 6.07) is 5.81. The third-order valence-corrected chi connectivity index (χ3v) is 5.01. The number of H-pyrrole nitrogens is 1. The topological polar surface area (TPSA) is 58.6 Å². The van der Waals surface area contributed by atoms with Gasteiger partial charge in [-0.15, -0.1) is 11.3 Å². The highest BCUT2D eigenvalue weighted by molar-refractivity contribution is 7.13. The number of aromatic nitrogens is 3. The van der Waals surface area contributed by atoms with Crippen LogP contribution in [0.3, 0.4) is 0 Å². The summed E-state index contributed by atoms with van der Waals surface area (Å²) in [5.41, 5.74) is 4.46. The van der Waals surface area contributed by atoms with Crippen molar-refractivity contribution in [1.82, 2.24) is 15.0 Å². The van der Waals surface area contributed by atoms with E-state index in [1.54, 1.807) is 23.7 Å². The molecule has 116 valence electrons. The van der Waals surface area contributed by atoms with E-state index in [0.29, 0.717) is 6.42 Å². The lowest BCUT2D eigenvalue weighted by atomic mass is 9.75. The largest absolute Gasteiger partial charge is 0.356 e. The molecule has 0 aromatic carbocycles. The Hall–Kier alpha value is -2.27. The van der Waals surface area contributed by atoms with Gasteiger partial charge in [0.2, 0.25) is 0 Å². The second-order valence-electron chi connectivity index (χ2n) is 6.72. The fraction of sp³-hybridized carbons (Fsp3) is 0.278. The lowest BCUT2D eigenvalue weighted by molar-refractivity contribution is 0.0912. The fourth-order valence-electron chi connectivity index (χ4n) is 3.32. The number of aromatic amines is 1. The maximum absolute atomic E-state index is 12.8. The predicted molar refractivity (Wildman–Crippen MR) is 91.6 cm³/mol. The molecule has 4 rings (SSSR count). The van der Waals surface area contributed by atoms with Gasteiger partial charge in [0.15, 0.2) is 5.78 Å². The van der Waals surface area contributed by atoms with Crippen molar-refractivity contribution in [3.05, 3.63) is 47.2 Å². The van der Waals surface area contributed by atoms with E-state index in [-0.39, 0.29) is 11.2 Å². The Morgan fingerprint density at radius 2 is 2.00 bits per heavy atom. The van der Waals surface area contributed by atoms with E-state index < -0.39 is 0 Å². The maximum atomic E-state index is 12.8. The summed E-state index contributed by atoms with van der Waals surface area (Å²) in [7, 11) is 0. The average molecular weight is 323 g/mol. The monoisotopic (exact) mass is 323 g/mol. The molecule has 0 saturated carbocycles. The zero-order chi connectivity index (χ0) is 16.0. The summed E-state index contributed by atoms with van der Waals surface area (Å²) in [5.74, 6) is 0.194. The summed E-state index contributed by atoms with van der Waals surface area (Å²) in [6.07, 6.45) is 4.97. The van der Waals surface area contributed by atoms with Crippen molar-refractivity contribution in [2.24, 2.45) is 5.41 Å². The minimum absolute atomic E-state index is 0.0174. The van der Waals surface area contributed by atoms with Crippen LogP contribution in [0.15, 0.2) is 36.0 Å². The summed E-state index contributed by atoms with van der Waals surface area (Å²) < 4.78 is 0. The molecule has 1 aliphatic carbocycles. The first kappa shape index (κ1) is 14.3. The number of carbonyl (C=O) groups excluding carboxylic acids is 1. The fourth-order valence-corrected chi connectivity index (χ4v) is 4.01. The highest BCUT2D eigenvalue weighted by Gasteiger charge is 2.36. The van der Waals surface area contributed by atoms with Crippen molar-refractivity contribution in [2.75, 3.05) is 0 Å². The molecule has 23 heavy (non-hydrogen) atoms. The normalized spacial score (nSPS) is 16.3. The zero-order valence-electron chi connectivity index (χ0n) is 13.1. The van der Waals surface area contributed by atoms with Crippen molar-refractivity contribution >= 4 is 17.1 Å². The van der Waals surface area contributed by atoms with Gasteiger partial charge in [0.1, 0.15) is 5.01 Å². The number of ketones is 1. The molecule has 0 saturated heterocycles. The first-order chi connectivity index (χ1) is 11.1. The maximum Gasteiger partial charge on any atom is 0.165 e. The quantitative estimate of drug-likeness (QED) is 0.762. The lowest BCUT2D eigenvalue weighted by Crippen LogP contribution is -2.26. The van der Waals surface area contributed by atoms with E-state index in [0.717, 1.165) is 39.6 Å². The Morgan fingerprint density at radius 3 is 2.70 bits per heavy atom. The standard InChI is InChI=1S/C18H17N3OS/c1-18(2)9-12-14(13(22)10-18)15(17-20-7-8-23-17)16(21-12)11-5-3-4-6-19-11/h3-8,21H,9-10H2,1-2H3. The number of nitrogens with zero attached hydrogens (tertiary/aromatic N) is 2. The molecule has 5 heteroatoms. The number of hydrogen-bond donors (Lipinski definition) is 1. The number of carbonyl (C=O) groups is 1. The summed E-state index contributed by atoms with van der Waals surface area (Å²) in [6.45, 7) is 4.27. The lowest BCUT2D eigenvalue weighted by Gasteiger charge is -2.28. The molecule has 0 spiro atoms. The number of hydrogen-bond acceptors (Lipinski definition) is 4. The van der Waals surface area contributed by atoms with Crippen LogP contribution < -0.4 is 0 Å². The van der Waals surface area contributed by atoms with Crippen LogP contribution in [0.5, 0.6) is 0 Å². The van der Waals surface area contributed by atoms with Crippen molar-refractivity contribution in [3.63, 3.8) is 0 Å². The van der Waals surface area contributed by atoms with Crippen LogP contribution in [0.2, 0.25) is 0 Å². The first-order valence-electron chi connectivity index (χ1n) is 7.64. The Labute approximate surface area is 138 Å². The number of thiazole rings is 1. The van der Waals surface area contributed by atoms with Gasteiger partial charge in [0, 0.05) is 41.0 Å². The van der Waals surface area contributed by atoms with Crippen LogP contribution in [0.25, 0.3) is 22.0 Å². The van der Waals surface area contributed by atoms with E-state index in [2.05, 4.69) is 28.8 Å². The second kappa shape index (κ2) is 5.13. The molecule has 1 aliphatic rings. The van der Waals surface area contributed by atoms with Gasteiger partial charge in [-0.05, 0) is 24.0 Å². The third kappa shape index (κ3) is 2.41. The zero-order valence-corrected chi connectivity index (χ0v) is 13.9. The van der Waals surface area contributed by atoms with Crippen molar-refractivity contribution in [1.29, 1.82) is 0 Å². The van der Waals surface area contributed by atoms with E-state index in [1.165, 1.54) is 0 Å². The number of Topliss-reactive ketones (excluding diaryl/α,β-unsaturated/α-hetero) is 1. The second-order valence-corrected chi connectivity index (χ2v) is 7.62. The number of pyridine rings is 1. The Kier molecular flexibility index (Phi) is 3.20. The van der Waals surface area contributed by atoms with E-state index >= 15 is 0 Å². The molecule has 0 aliphatic heterocycles. The van der Waals surface area contributed by atoms with Gasteiger partial charge < -0.3 is 4.98 Å². The Morgan fingerprint density at radius 1 is 1.13 bits per heavy atom. The van der Waals surface area contributed by atoms with Crippen molar-refractivity contribution in [2.45, 2.75) is 26.7 Å². The smallest absolute Gasteiger partial charge is 0.165 e. The van der Waals surface area contributed by atoms with Gasteiger partial charge in [0.05, 0.1) is 11.4 Å². The van der Waals surface area contributed by atoms with Gasteiger partial charge in [-0.3, -0.25) is 9.78 Å². The van der Waals surface area contributed by atoms with Gasteiger partial charge in [-0.2, -0.15) is 0 Å². The van der Waals surface area contributed by atoms with Gasteiger partial charge in [-0.25, -0.2) is 4.98 Å². The molecule has 3 heterocycles.